The SMILES string of the molecule is COc1cc(C(C)(C)c2[nH]c(SCc3cc(S(N)(=O)=O)c(F)cc3Cl)nc2-c2ccc(F)cc2)ccc1Cl. The highest BCUT2D eigenvalue weighted by atomic mass is 35.5. The van der Waals surface area contributed by atoms with E-state index in [0.717, 1.165) is 23.4 Å². The quantitative estimate of drug-likeness (QED) is 0.214. The van der Waals surface area contributed by atoms with Gasteiger partial charge in [0.1, 0.15) is 22.3 Å². The summed E-state index contributed by atoms with van der Waals surface area (Å²) < 4.78 is 56.7. The fourth-order valence-electron chi connectivity index (χ4n) is 3.93. The van der Waals surface area contributed by atoms with E-state index in [4.69, 9.17) is 38.1 Å². The molecule has 0 amide bonds. The van der Waals surface area contributed by atoms with Crippen molar-refractivity contribution in [3.05, 3.63) is 93.1 Å². The van der Waals surface area contributed by atoms with Gasteiger partial charge in [0.05, 0.1) is 23.5 Å². The highest BCUT2D eigenvalue weighted by Crippen LogP contribution is 2.41. The van der Waals surface area contributed by atoms with Crippen molar-refractivity contribution in [2.24, 2.45) is 5.14 Å². The summed E-state index contributed by atoms with van der Waals surface area (Å²) in [6, 6.07) is 13.5. The second-order valence-electron chi connectivity index (χ2n) is 8.95. The summed E-state index contributed by atoms with van der Waals surface area (Å²) >= 11 is 13.7. The second-order valence-corrected chi connectivity index (χ2v) is 12.3. The number of sulfonamides is 1. The number of benzene rings is 3. The van der Waals surface area contributed by atoms with Crippen LogP contribution in [-0.2, 0) is 21.2 Å². The Morgan fingerprint density at radius 2 is 1.74 bits per heavy atom. The highest BCUT2D eigenvalue weighted by molar-refractivity contribution is 7.98. The average Bonchev–Trinajstić information content (AvgIpc) is 3.28. The molecule has 0 unspecified atom stereocenters. The third-order valence-corrected chi connectivity index (χ3v) is 8.58. The minimum absolute atomic E-state index is 0.0570. The van der Waals surface area contributed by atoms with Gasteiger partial charge >= 0.3 is 0 Å². The van der Waals surface area contributed by atoms with Gasteiger partial charge in [0.15, 0.2) is 5.16 Å². The number of aromatic nitrogens is 2. The lowest BCUT2D eigenvalue weighted by molar-refractivity contribution is 0.413. The molecule has 0 saturated heterocycles. The van der Waals surface area contributed by atoms with Crippen LogP contribution in [-0.4, -0.2) is 25.5 Å². The molecule has 0 fully saturated rings. The third-order valence-electron chi connectivity index (χ3n) is 6.07. The summed E-state index contributed by atoms with van der Waals surface area (Å²) in [4.78, 5) is 7.48. The number of nitrogens with zero attached hydrogens (tertiary/aromatic N) is 1. The zero-order chi connectivity index (χ0) is 27.8. The van der Waals surface area contributed by atoms with Gasteiger partial charge in [-0.25, -0.2) is 27.3 Å². The van der Waals surface area contributed by atoms with Crippen molar-refractivity contribution in [2.75, 3.05) is 7.11 Å². The lowest BCUT2D eigenvalue weighted by atomic mass is 9.79. The Morgan fingerprint density at radius 1 is 1.05 bits per heavy atom. The molecule has 0 atom stereocenters. The molecule has 3 N–H and O–H groups in total. The van der Waals surface area contributed by atoms with E-state index in [-0.39, 0.29) is 16.6 Å². The summed E-state index contributed by atoms with van der Waals surface area (Å²) in [7, 11) is -2.74. The number of ether oxygens (including phenoxy) is 1. The average molecular weight is 599 g/mol. The van der Waals surface area contributed by atoms with Gasteiger partial charge in [-0.3, -0.25) is 0 Å². The molecule has 0 spiro atoms. The number of methoxy groups -OCH3 is 1. The summed E-state index contributed by atoms with van der Waals surface area (Å²) in [5.41, 5.74) is 2.66. The van der Waals surface area contributed by atoms with Crippen molar-refractivity contribution in [1.29, 1.82) is 0 Å². The number of nitrogens with two attached hydrogens (primary N) is 1. The first-order valence-corrected chi connectivity index (χ1v) is 14.4. The molecule has 0 aliphatic carbocycles. The van der Waals surface area contributed by atoms with Crippen LogP contribution in [0.15, 0.2) is 64.6 Å². The van der Waals surface area contributed by atoms with Crippen LogP contribution in [0.25, 0.3) is 11.3 Å². The maximum Gasteiger partial charge on any atom is 0.240 e. The number of imidazole rings is 1. The summed E-state index contributed by atoms with van der Waals surface area (Å²) in [6.45, 7) is 4.00. The molecule has 38 heavy (non-hydrogen) atoms. The van der Waals surface area contributed by atoms with Crippen LogP contribution in [0.3, 0.4) is 0 Å². The zero-order valence-electron chi connectivity index (χ0n) is 20.5. The molecule has 6 nitrogen and oxygen atoms in total. The Bertz CT molecular complexity index is 1610. The third kappa shape index (κ3) is 5.84. The van der Waals surface area contributed by atoms with Gasteiger partial charge < -0.3 is 9.72 Å². The Balaban J connectivity index is 1.76. The van der Waals surface area contributed by atoms with Gasteiger partial charge in [-0.05, 0) is 59.7 Å². The molecule has 3 aromatic carbocycles. The van der Waals surface area contributed by atoms with Crippen molar-refractivity contribution >= 4 is 45.0 Å². The molecule has 200 valence electrons. The fraction of sp³-hybridized carbons (Fsp3) is 0.192. The monoisotopic (exact) mass is 597 g/mol. The van der Waals surface area contributed by atoms with Crippen LogP contribution in [0.4, 0.5) is 8.78 Å². The lowest BCUT2D eigenvalue weighted by Crippen LogP contribution is -2.20. The van der Waals surface area contributed by atoms with E-state index in [1.54, 1.807) is 18.2 Å². The smallest absolute Gasteiger partial charge is 0.240 e. The molecule has 0 aliphatic rings. The van der Waals surface area contributed by atoms with Crippen molar-refractivity contribution < 1.29 is 21.9 Å². The van der Waals surface area contributed by atoms with E-state index >= 15 is 0 Å². The molecule has 4 aromatic rings. The van der Waals surface area contributed by atoms with Gasteiger partial charge in [-0.1, -0.05) is 54.9 Å². The lowest BCUT2D eigenvalue weighted by Gasteiger charge is -2.26. The molecule has 0 bridgehead atoms. The first-order chi connectivity index (χ1) is 17.8. The van der Waals surface area contributed by atoms with Gasteiger partial charge in [0.25, 0.3) is 0 Å². The predicted octanol–water partition coefficient (Wildman–Crippen LogP) is 6.94. The van der Waals surface area contributed by atoms with Gasteiger partial charge in [0.2, 0.25) is 10.0 Å². The molecule has 1 heterocycles. The van der Waals surface area contributed by atoms with Crippen LogP contribution in [0, 0.1) is 11.6 Å². The van der Waals surface area contributed by atoms with Crippen molar-refractivity contribution in [3.63, 3.8) is 0 Å². The van der Waals surface area contributed by atoms with Crippen molar-refractivity contribution in [1.82, 2.24) is 9.97 Å². The Labute approximate surface area is 233 Å². The summed E-state index contributed by atoms with van der Waals surface area (Å²) in [6.07, 6.45) is 0. The molecule has 0 aliphatic heterocycles. The minimum Gasteiger partial charge on any atom is -0.495 e. The molecular weight excluding hydrogens is 575 g/mol. The number of H-pyrrole nitrogens is 1. The van der Waals surface area contributed by atoms with Crippen LogP contribution < -0.4 is 9.88 Å². The molecule has 1 aromatic heterocycles. The van der Waals surface area contributed by atoms with Gasteiger partial charge in [-0.15, -0.1) is 0 Å². The van der Waals surface area contributed by atoms with E-state index in [9.17, 15) is 17.2 Å². The fourth-order valence-corrected chi connectivity index (χ4v) is 5.92. The predicted molar refractivity (Wildman–Crippen MR) is 146 cm³/mol. The molecule has 0 radical (unpaired) electrons. The van der Waals surface area contributed by atoms with Gasteiger partial charge in [0, 0.05) is 21.8 Å². The maximum absolute atomic E-state index is 14.1. The van der Waals surface area contributed by atoms with E-state index in [1.165, 1.54) is 31.0 Å². The normalized spacial score (nSPS) is 12.1. The Kier molecular flexibility index (Phi) is 8.11. The molecule has 4 rings (SSSR count). The standard InChI is InChI=1S/C26H23Cl2F2N3O3S2/c1-26(2,16-6-9-18(27)21(11-16)36-3)24-23(14-4-7-17(29)8-5-14)32-25(33-24)37-13-15-10-22(38(31,34)35)20(30)12-19(15)28/h4-12H,13H2,1-3H3,(H,32,33)(H2,31,34,35). The van der Waals surface area contributed by atoms with E-state index in [1.807, 2.05) is 26.0 Å². The number of primary sulfonamides is 1. The molecule has 12 heteroatoms. The Morgan fingerprint density at radius 3 is 2.37 bits per heavy atom. The van der Waals surface area contributed by atoms with E-state index in [0.29, 0.717) is 32.7 Å². The minimum atomic E-state index is -4.27. The number of hydrogen-bond donors (Lipinski definition) is 2. The van der Waals surface area contributed by atoms with Crippen LogP contribution >= 0.6 is 35.0 Å². The van der Waals surface area contributed by atoms with Crippen LogP contribution in [0.1, 0.15) is 30.7 Å². The number of halogens is 4. The van der Waals surface area contributed by atoms with Crippen LogP contribution in [0.2, 0.25) is 10.0 Å². The number of rotatable bonds is 8. The molecule has 0 saturated carbocycles. The van der Waals surface area contributed by atoms with E-state index < -0.39 is 26.2 Å². The number of aromatic amines is 1. The topological polar surface area (TPSA) is 98.1 Å². The first kappa shape index (κ1) is 28.4. The molecular formula is C26H23Cl2F2N3O3S2. The van der Waals surface area contributed by atoms with Crippen molar-refractivity contribution in [2.45, 2.75) is 35.1 Å². The number of hydrogen-bond acceptors (Lipinski definition) is 5. The van der Waals surface area contributed by atoms with E-state index in [2.05, 4.69) is 4.98 Å². The largest absolute Gasteiger partial charge is 0.495 e. The maximum atomic E-state index is 14.1. The number of thioether (sulfide) groups is 1. The highest BCUT2D eigenvalue weighted by Gasteiger charge is 2.31. The summed E-state index contributed by atoms with van der Waals surface area (Å²) in [5, 5.41) is 6.16. The van der Waals surface area contributed by atoms with Crippen molar-refractivity contribution in [3.8, 4) is 17.0 Å². The second kappa shape index (κ2) is 10.9. The van der Waals surface area contributed by atoms with Crippen LogP contribution in [0.5, 0.6) is 5.75 Å². The van der Waals surface area contributed by atoms with Gasteiger partial charge in [-0.2, -0.15) is 0 Å². The Hall–Kier alpha value is -2.63. The number of nitrogens with one attached hydrogen (secondary N) is 1. The zero-order valence-corrected chi connectivity index (χ0v) is 23.6. The first-order valence-electron chi connectivity index (χ1n) is 11.1. The summed E-state index contributed by atoms with van der Waals surface area (Å²) in [5.74, 6) is -0.706.